The van der Waals surface area contributed by atoms with Crippen molar-refractivity contribution in [2.45, 2.75) is 12.8 Å². The van der Waals surface area contributed by atoms with Gasteiger partial charge < -0.3 is 10.1 Å². The van der Waals surface area contributed by atoms with Gasteiger partial charge in [-0.1, -0.05) is 60.7 Å². The number of Topliss-reactive ketones (excluding diaryl/α,β-unsaturated/α-hetero) is 1. The highest BCUT2D eigenvalue weighted by atomic mass is 16.5. The maximum absolute atomic E-state index is 12.8. The average Bonchev–Trinajstić information content (AvgIpc) is 2.74. The van der Waals surface area contributed by atoms with E-state index in [1.807, 2.05) is 60.7 Å². The fraction of sp³-hybridized carbons (Fsp3) is 0.125. The Hall–Kier alpha value is -3.73. The molecule has 0 aliphatic rings. The first-order chi connectivity index (χ1) is 14.0. The number of anilines is 1. The van der Waals surface area contributed by atoms with Crippen molar-refractivity contribution in [3.05, 3.63) is 102 Å². The van der Waals surface area contributed by atoms with Crippen molar-refractivity contribution in [1.29, 1.82) is 0 Å². The number of hydrogen-bond acceptors (Lipinski definition) is 4. The molecule has 5 nitrogen and oxygen atoms in total. The molecular formula is C24H21NO4. The molecule has 0 atom stereocenters. The monoisotopic (exact) mass is 387 g/mol. The van der Waals surface area contributed by atoms with E-state index in [9.17, 15) is 14.4 Å². The van der Waals surface area contributed by atoms with Crippen LogP contribution in [0.4, 0.5) is 5.69 Å². The van der Waals surface area contributed by atoms with E-state index in [0.29, 0.717) is 11.3 Å². The third kappa shape index (κ3) is 5.39. The molecule has 0 spiro atoms. The van der Waals surface area contributed by atoms with Gasteiger partial charge in [0.1, 0.15) is 5.92 Å². The lowest BCUT2D eigenvalue weighted by Gasteiger charge is -2.17. The van der Waals surface area contributed by atoms with E-state index in [4.69, 9.17) is 4.74 Å². The smallest absolute Gasteiger partial charge is 0.318 e. The predicted octanol–water partition coefficient (Wildman–Crippen LogP) is 4.20. The lowest BCUT2D eigenvalue weighted by atomic mass is 9.91. The van der Waals surface area contributed by atoms with E-state index in [0.717, 1.165) is 11.1 Å². The average molecular weight is 387 g/mol. The van der Waals surface area contributed by atoms with E-state index in [2.05, 4.69) is 5.32 Å². The Morgan fingerprint density at radius 1 is 0.793 bits per heavy atom. The summed E-state index contributed by atoms with van der Waals surface area (Å²) in [5.41, 5.74) is 2.68. The molecule has 0 heterocycles. The van der Waals surface area contributed by atoms with E-state index in [-0.39, 0.29) is 5.78 Å². The third-order valence-corrected chi connectivity index (χ3v) is 4.42. The number of ketones is 1. The minimum Gasteiger partial charge on any atom is -0.455 e. The zero-order chi connectivity index (χ0) is 20.6. The molecule has 146 valence electrons. The van der Waals surface area contributed by atoms with Crippen molar-refractivity contribution in [2.75, 3.05) is 11.9 Å². The summed E-state index contributed by atoms with van der Waals surface area (Å²) in [5.74, 6) is -1.61. The molecule has 0 saturated heterocycles. The van der Waals surface area contributed by atoms with E-state index >= 15 is 0 Å². The number of benzene rings is 3. The van der Waals surface area contributed by atoms with E-state index < -0.39 is 24.4 Å². The molecule has 0 bridgehead atoms. The Morgan fingerprint density at radius 3 is 1.79 bits per heavy atom. The largest absolute Gasteiger partial charge is 0.455 e. The molecule has 0 aliphatic carbocycles. The standard InChI is InChI=1S/C24H21NO4/c1-17(26)18-12-14-21(15-13-18)25-22(27)16-29-24(28)23(19-8-4-2-5-9-19)20-10-6-3-7-11-20/h2-15,23H,16H2,1H3,(H,25,27). The molecule has 29 heavy (non-hydrogen) atoms. The predicted molar refractivity (Wildman–Crippen MR) is 111 cm³/mol. The van der Waals surface area contributed by atoms with Crippen molar-refractivity contribution in [1.82, 2.24) is 0 Å². The molecule has 3 aromatic carbocycles. The van der Waals surface area contributed by atoms with Crippen molar-refractivity contribution in [3.63, 3.8) is 0 Å². The second kappa shape index (κ2) is 9.46. The van der Waals surface area contributed by atoms with Gasteiger partial charge in [0.2, 0.25) is 0 Å². The highest BCUT2D eigenvalue weighted by Crippen LogP contribution is 2.26. The van der Waals surface area contributed by atoms with Crippen molar-refractivity contribution in [3.8, 4) is 0 Å². The van der Waals surface area contributed by atoms with Gasteiger partial charge in [-0.2, -0.15) is 0 Å². The maximum Gasteiger partial charge on any atom is 0.318 e. The van der Waals surface area contributed by atoms with Crippen LogP contribution in [0.1, 0.15) is 34.3 Å². The molecule has 5 heteroatoms. The second-order valence-electron chi connectivity index (χ2n) is 6.54. The summed E-state index contributed by atoms with van der Waals surface area (Å²) in [4.78, 5) is 36.3. The molecule has 0 saturated carbocycles. The number of esters is 1. The van der Waals surface area contributed by atoms with Crippen LogP contribution >= 0.6 is 0 Å². The lowest BCUT2D eigenvalue weighted by Crippen LogP contribution is -2.24. The summed E-state index contributed by atoms with van der Waals surface area (Å²) in [6.07, 6.45) is 0. The normalized spacial score (nSPS) is 10.4. The van der Waals surface area contributed by atoms with Crippen LogP contribution in [0.25, 0.3) is 0 Å². The Balaban J connectivity index is 1.65. The Bertz CT molecular complexity index is 943. The minimum atomic E-state index is -0.611. The SMILES string of the molecule is CC(=O)c1ccc(NC(=O)COC(=O)C(c2ccccc2)c2ccccc2)cc1. The van der Waals surface area contributed by atoms with Crippen molar-refractivity contribution < 1.29 is 19.1 Å². The van der Waals surface area contributed by atoms with Gasteiger partial charge in [0.25, 0.3) is 5.91 Å². The Kier molecular flexibility index (Phi) is 6.53. The van der Waals surface area contributed by atoms with Crippen molar-refractivity contribution in [2.24, 2.45) is 0 Å². The fourth-order valence-electron chi connectivity index (χ4n) is 2.96. The van der Waals surface area contributed by atoms with Gasteiger partial charge in [0.15, 0.2) is 12.4 Å². The van der Waals surface area contributed by atoms with Gasteiger partial charge in [-0.15, -0.1) is 0 Å². The van der Waals surface area contributed by atoms with Crippen LogP contribution < -0.4 is 5.32 Å². The summed E-state index contributed by atoms with van der Waals surface area (Å²) in [6.45, 7) is 1.08. The molecule has 0 radical (unpaired) electrons. The van der Waals surface area contributed by atoms with Crippen LogP contribution in [-0.2, 0) is 14.3 Å². The molecule has 0 fully saturated rings. The fourth-order valence-corrected chi connectivity index (χ4v) is 2.96. The van der Waals surface area contributed by atoms with Crippen LogP contribution in [0, 0.1) is 0 Å². The summed E-state index contributed by atoms with van der Waals surface area (Å²) >= 11 is 0. The second-order valence-corrected chi connectivity index (χ2v) is 6.54. The zero-order valence-electron chi connectivity index (χ0n) is 16.0. The molecule has 0 aliphatic heterocycles. The summed E-state index contributed by atoms with van der Waals surface area (Å²) in [6, 6.07) is 25.1. The molecule has 1 amide bonds. The molecule has 0 unspecified atom stereocenters. The van der Waals surface area contributed by atoms with Crippen LogP contribution in [0.3, 0.4) is 0 Å². The van der Waals surface area contributed by atoms with Crippen LogP contribution in [0.5, 0.6) is 0 Å². The van der Waals surface area contributed by atoms with E-state index in [1.54, 1.807) is 24.3 Å². The molecule has 3 aromatic rings. The first-order valence-corrected chi connectivity index (χ1v) is 9.22. The number of hydrogen-bond donors (Lipinski definition) is 1. The first-order valence-electron chi connectivity index (χ1n) is 9.22. The third-order valence-electron chi connectivity index (χ3n) is 4.42. The number of amides is 1. The minimum absolute atomic E-state index is 0.0512. The van der Waals surface area contributed by atoms with Gasteiger partial charge in [-0.25, -0.2) is 0 Å². The van der Waals surface area contributed by atoms with Gasteiger partial charge >= 0.3 is 5.97 Å². The number of rotatable bonds is 7. The molecule has 0 aromatic heterocycles. The van der Waals surface area contributed by atoms with Crippen LogP contribution in [0.15, 0.2) is 84.9 Å². The molecular weight excluding hydrogens is 366 g/mol. The number of nitrogens with one attached hydrogen (secondary N) is 1. The van der Waals surface area contributed by atoms with Gasteiger partial charge in [-0.05, 0) is 42.3 Å². The molecule has 1 N–H and O–H groups in total. The number of carbonyl (C=O) groups is 3. The highest BCUT2D eigenvalue weighted by Gasteiger charge is 2.24. The van der Waals surface area contributed by atoms with Crippen LogP contribution in [0.2, 0.25) is 0 Å². The Labute approximate surface area is 169 Å². The number of carbonyl (C=O) groups excluding carboxylic acids is 3. The van der Waals surface area contributed by atoms with Gasteiger partial charge in [0, 0.05) is 11.3 Å². The Morgan fingerprint density at radius 2 is 1.31 bits per heavy atom. The maximum atomic E-state index is 12.8. The lowest BCUT2D eigenvalue weighted by molar-refractivity contribution is -0.147. The summed E-state index contributed by atoms with van der Waals surface area (Å²) in [7, 11) is 0. The molecule has 3 rings (SSSR count). The highest BCUT2D eigenvalue weighted by molar-refractivity contribution is 5.96. The zero-order valence-corrected chi connectivity index (χ0v) is 16.0. The van der Waals surface area contributed by atoms with Gasteiger partial charge in [-0.3, -0.25) is 14.4 Å². The van der Waals surface area contributed by atoms with Gasteiger partial charge in [0.05, 0.1) is 0 Å². The van der Waals surface area contributed by atoms with E-state index in [1.165, 1.54) is 6.92 Å². The first kappa shape index (κ1) is 20.0. The van der Waals surface area contributed by atoms with Crippen LogP contribution in [-0.4, -0.2) is 24.3 Å². The number of ether oxygens (including phenoxy) is 1. The topological polar surface area (TPSA) is 72.5 Å². The van der Waals surface area contributed by atoms with Crippen molar-refractivity contribution >= 4 is 23.3 Å². The summed E-state index contributed by atoms with van der Waals surface area (Å²) in [5, 5.41) is 2.65. The quantitative estimate of drug-likeness (QED) is 0.487. The summed E-state index contributed by atoms with van der Waals surface area (Å²) < 4.78 is 5.30.